The van der Waals surface area contributed by atoms with Gasteiger partial charge in [0.2, 0.25) is 11.8 Å². The molecule has 0 amide bonds. The van der Waals surface area contributed by atoms with Crippen LogP contribution in [0.1, 0.15) is 43.5 Å². The van der Waals surface area contributed by atoms with Gasteiger partial charge in [0.15, 0.2) is 0 Å². The summed E-state index contributed by atoms with van der Waals surface area (Å²) >= 11 is 0. The van der Waals surface area contributed by atoms with Gasteiger partial charge in [-0.1, -0.05) is 6.92 Å². The van der Waals surface area contributed by atoms with Crippen molar-refractivity contribution in [3.05, 3.63) is 35.8 Å². The molecule has 2 aromatic heterocycles. The molecule has 0 bridgehead atoms. The molecular formula is C16H19N5O. The summed E-state index contributed by atoms with van der Waals surface area (Å²) in [5.41, 5.74) is 1.46. The third kappa shape index (κ3) is 3.25. The standard InChI is InChI=1S/C16H19N5O/c1-2-15-20-21-16(22-15)8-11-3-4-13(7-11)19-14-10-18-6-5-12(14)9-17/h5-6,10-11,13,19H,2-4,7-8H2,1H3/t11-,13+/m1/s1. The number of nitriles is 1. The maximum atomic E-state index is 9.12. The Bertz CT molecular complexity index is 675. The Hall–Kier alpha value is -2.42. The average Bonchev–Trinajstić information content (AvgIpc) is 3.18. The molecule has 22 heavy (non-hydrogen) atoms. The molecule has 3 rings (SSSR count). The molecule has 6 nitrogen and oxygen atoms in total. The van der Waals surface area contributed by atoms with Gasteiger partial charge in [-0.15, -0.1) is 10.2 Å². The highest BCUT2D eigenvalue weighted by atomic mass is 16.4. The van der Waals surface area contributed by atoms with E-state index in [9.17, 15) is 0 Å². The monoisotopic (exact) mass is 297 g/mol. The molecule has 114 valence electrons. The van der Waals surface area contributed by atoms with Gasteiger partial charge in [-0.2, -0.15) is 5.26 Å². The summed E-state index contributed by atoms with van der Waals surface area (Å²) in [4.78, 5) is 4.09. The van der Waals surface area contributed by atoms with Crippen LogP contribution in [0.4, 0.5) is 5.69 Å². The normalized spacial score (nSPS) is 20.7. The fraction of sp³-hybridized carbons (Fsp3) is 0.500. The number of hydrogen-bond acceptors (Lipinski definition) is 6. The first kappa shape index (κ1) is 14.5. The van der Waals surface area contributed by atoms with Gasteiger partial charge in [0, 0.05) is 25.1 Å². The van der Waals surface area contributed by atoms with E-state index in [-0.39, 0.29) is 0 Å². The first-order chi connectivity index (χ1) is 10.8. The topological polar surface area (TPSA) is 87.6 Å². The number of hydrogen-bond donors (Lipinski definition) is 1. The summed E-state index contributed by atoms with van der Waals surface area (Å²) in [6, 6.07) is 4.30. The number of rotatable bonds is 5. The first-order valence-electron chi connectivity index (χ1n) is 7.70. The van der Waals surface area contributed by atoms with Crippen molar-refractivity contribution in [3.63, 3.8) is 0 Å². The third-order valence-electron chi connectivity index (χ3n) is 4.12. The quantitative estimate of drug-likeness (QED) is 0.913. The number of aryl methyl sites for hydroxylation is 1. The maximum Gasteiger partial charge on any atom is 0.216 e. The van der Waals surface area contributed by atoms with Gasteiger partial charge >= 0.3 is 0 Å². The lowest BCUT2D eigenvalue weighted by Gasteiger charge is -2.14. The lowest BCUT2D eigenvalue weighted by molar-refractivity contribution is 0.409. The highest BCUT2D eigenvalue weighted by Crippen LogP contribution is 2.31. The van der Waals surface area contributed by atoms with E-state index in [2.05, 4.69) is 26.6 Å². The molecule has 0 unspecified atom stereocenters. The Morgan fingerprint density at radius 3 is 3.00 bits per heavy atom. The first-order valence-corrected chi connectivity index (χ1v) is 7.70. The number of nitrogens with zero attached hydrogens (tertiary/aromatic N) is 4. The molecule has 1 aliphatic rings. The minimum atomic E-state index is 0.370. The maximum absolute atomic E-state index is 9.12. The van der Waals surface area contributed by atoms with E-state index in [0.29, 0.717) is 23.4 Å². The highest BCUT2D eigenvalue weighted by molar-refractivity contribution is 5.55. The van der Waals surface area contributed by atoms with Crippen LogP contribution in [0.2, 0.25) is 0 Å². The Kier molecular flexibility index (Phi) is 4.33. The predicted octanol–water partition coefficient (Wildman–Crippen LogP) is 2.72. The summed E-state index contributed by atoms with van der Waals surface area (Å²) in [5, 5.41) is 20.7. The van der Waals surface area contributed by atoms with Gasteiger partial charge in [0.1, 0.15) is 6.07 Å². The molecule has 6 heteroatoms. The van der Waals surface area contributed by atoms with Gasteiger partial charge in [-0.25, -0.2) is 0 Å². The van der Waals surface area contributed by atoms with E-state index in [1.165, 1.54) is 0 Å². The van der Waals surface area contributed by atoms with Crippen LogP contribution in [0.5, 0.6) is 0 Å². The molecular weight excluding hydrogens is 278 g/mol. The van der Waals surface area contributed by atoms with Crippen LogP contribution in [-0.2, 0) is 12.8 Å². The van der Waals surface area contributed by atoms with E-state index in [4.69, 9.17) is 9.68 Å². The van der Waals surface area contributed by atoms with Crippen molar-refractivity contribution in [3.8, 4) is 6.07 Å². The van der Waals surface area contributed by atoms with Crippen molar-refractivity contribution >= 4 is 5.69 Å². The van der Waals surface area contributed by atoms with Crippen molar-refractivity contribution < 1.29 is 4.42 Å². The molecule has 2 aromatic rings. The summed E-state index contributed by atoms with van der Waals surface area (Å²) < 4.78 is 5.59. The fourth-order valence-electron chi connectivity index (χ4n) is 2.98. The molecule has 0 saturated heterocycles. The molecule has 2 heterocycles. The lowest BCUT2D eigenvalue weighted by Crippen LogP contribution is -2.17. The smallest absolute Gasteiger partial charge is 0.216 e. The number of nitrogens with one attached hydrogen (secondary N) is 1. The number of aromatic nitrogens is 3. The summed E-state index contributed by atoms with van der Waals surface area (Å²) in [6.07, 6.45) is 8.23. The van der Waals surface area contributed by atoms with Gasteiger partial charge < -0.3 is 9.73 Å². The van der Waals surface area contributed by atoms with Crippen molar-refractivity contribution in [1.82, 2.24) is 15.2 Å². The minimum Gasteiger partial charge on any atom is -0.425 e. The van der Waals surface area contributed by atoms with Crippen molar-refractivity contribution in [1.29, 1.82) is 5.26 Å². The molecule has 0 radical (unpaired) electrons. The van der Waals surface area contributed by atoms with Gasteiger partial charge in [0.25, 0.3) is 0 Å². The van der Waals surface area contributed by atoms with Crippen molar-refractivity contribution in [2.24, 2.45) is 5.92 Å². The third-order valence-corrected chi connectivity index (χ3v) is 4.12. The zero-order valence-corrected chi connectivity index (χ0v) is 12.6. The number of anilines is 1. The molecule has 0 aromatic carbocycles. The Morgan fingerprint density at radius 2 is 2.23 bits per heavy atom. The molecule has 2 atom stereocenters. The molecule has 1 fully saturated rings. The fourth-order valence-corrected chi connectivity index (χ4v) is 2.98. The minimum absolute atomic E-state index is 0.370. The molecule has 0 aliphatic heterocycles. The second kappa shape index (κ2) is 6.56. The second-order valence-electron chi connectivity index (χ2n) is 5.70. The zero-order chi connectivity index (χ0) is 15.4. The van der Waals surface area contributed by atoms with Crippen molar-refractivity contribution in [2.75, 3.05) is 5.32 Å². The molecule has 1 aliphatic carbocycles. The van der Waals surface area contributed by atoms with E-state index >= 15 is 0 Å². The van der Waals surface area contributed by atoms with Crippen LogP contribution in [0.25, 0.3) is 0 Å². The summed E-state index contributed by atoms with van der Waals surface area (Å²) in [5.74, 6) is 1.99. The van der Waals surface area contributed by atoms with E-state index in [1.54, 1.807) is 18.5 Å². The summed E-state index contributed by atoms with van der Waals surface area (Å²) in [7, 11) is 0. The lowest BCUT2D eigenvalue weighted by atomic mass is 10.0. The van der Waals surface area contributed by atoms with E-state index < -0.39 is 0 Å². The SMILES string of the molecule is CCc1nnc(C[C@@H]2CC[C@H](Nc3cnccc3C#N)C2)o1. The van der Waals surface area contributed by atoms with Gasteiger partial charge in [-0.05, 0) is 31.2 Å². The van der Waals surface area contributed by atoms with Crippen LogP contribution in [0.15, 0.2) is 22.9 Å². The van der Waals surface area contributed by atoms with Crippen LogP contribution in [-0.4, -0.2) is 21.2 Å². The van der Waals surface area contributed by atoms with Crippen LogP contribution in [0, 0.1) is 17.2 Å². The second-order valence-corrected chi connectivity index (χ2v) is 5.70. The largest absolute Gasteiger partial charge is 0.425 e. The van der Waals surface area contributed by atoms with Crippen LogP contribution < -0.4 is 5.32 Å². The molecule has 0 spiro atoms. The van der Waals surface area contributed by atoms with Crippen LogP contribution >= 0.6 is 0 Å². The Labute approximate surface area is 129 Å². The molecule has 1 saturated carbocycles. The van der Waals surface area contributed by atoms with E-state index in [1.807, 2.05) is 6.92 Å². The Morgan fingerprint density at radius 1 is 1.36 bits per heavy atom. The number of pyridine rings is 1. The average molecular weight is 297 g/mol. The highest BCUT2D eigenvalue weighted by Gasteiger charge is 2.26. The van der Waals surface area contributed by atoms with Crippen LogP contribution in [0.3, 0.4) is 0 Å². The van der Waals surface area contributed by atoms with Gasteiger partial charge in [-0.3, -0.25) is 4.98 Å². The summed E-state index contributed by atoms with van der Waals surface area (Å²) in [6.45, 7) is 2.01. The Balaban J connectivity index is 1.57. The zero-order valence-electron chi connectivity index (χ0n) is 12.6. The molecule has 1 N–H and O–H groups in total. The van der Waals surface area contributed by atoms with E-state index in [0.717, 1.165) is 43.7 Å². The van der Waals surface area contributed by atoms with Gasteiger partial charge in [0.05, 0.1) is 17.4 Å². The van der Waals surface area contributed by atoms with Crippen molar-refractivity contribution in [2.45, 2.75) is 45.1 Å². The predicted molar refractivity (Wildman–Crippen MR) is 81.1 cm³/mol.